The number of nitrogens with one attached hydrogen (secondary N) is 3. The summed E-state index contributed by atoms with van der Waals surface area (Å²) in [6.07, 6.45) is 1.90. The third-order valence-corrected chi connectivity index (χ3v) is 5.80. The lowest BCUT2D eigenvalue weighted by atomic mass is 10.0. The molecule has 3 aromatic rings. The first-order valence-electron chi connectivity index (χ1n) is 10.4. The number of ether oxygens (including phenoxy) is 1. The van der Waals surface area contributed by atoms with Crippen LogP contribution in [0.4, 0.5) is 5.82 Å². The summed E-state index contributed by atoms with van der Waals surface area (Å²) in [6, 6.07) is 9.86. The molecule has 3 N–H and O–H groups in total. The molecule has 4 heterocycles. The van der Waals surface area contributed by atoms with Crippen molar-refractivity contribution in [2.75, 3.05) is 44.7 Å². The van der Waals surface area contributed by atoms with Gasteiger partial charge in [0.15, 0.2) is 0 Å². The van der Waals surface area contributed by atoms with Crippen molar-refractivity contribution in [2.45, 2.75) is 6.54 Å². The highest BCUT2D eigenvalue weighted by atomic mass is 16.5. The fourth-order valence-corrected chi connectivity index (χ4v) is 4.16. The van der Waals surface area contributed by atoms with E-state index in [1.165, 1.54) is 5.56 Å². The number of benzene rings is 1. The minimum atomic E-state index is -0.0477. The summed E-state index contributed by atoms with van der Waals surface area (Å²) in [5, 5.41) is 10.8. The maximum Gasteiger partial charge on any atom is 0.251 e. The monoisotopic (exact) mass is 406 g/mol. The number of aromatic nitrogens is 3. The Morgan fingerprint density at radius 3 is 3.00 bits per heavy atom. The van der Waals surface area contributed by atoms with Crippen molar-refractivity contribution in [3.8, 4) is 22.5 Å². The molecule has 1 fully saturated rings. The summed E-state index contributed by atoms with van der Waals surface area (Å²) in [6.45, 7) is 5.62. The van der Waals surface area contributed by atoms with E-state index in [0.717, 1.165) is 67.7 Å². The number of carbonyl (C=O) groups is 1. The highest BCUT2D eigenvalue weighted by molar-refractivity contribution is 5.95. The summed E-state index contributed by atoms with van der Waals surface area (Å²) in [5.41, 5.74) is 6.04. The molecule has 0 aliphatic carbocycles. The third kappa shape index (κ3) is 3.59. The van der Waals surface area contributed by atoms with E-state index in [2.05, 4.69) is 31.7 Å². The Labute approximate surface area is 175 Å². The maximum absolute atomic E-state index is 12.6. The summed E-state index contributed by atoms with van der Waals surface area (Å²) in [7, 11) is 1.96. The number of nitrogens with zero attached hydrogens (tertiary/aromatic N) is 3. The van der Waals surface area contributed by atoms with Crippen molar-refractivity contribution in [1.82, 2.24) is 25.0 Å². The lowest BCUT2D eigenvalue weighted by Gasteiger charge is -2.26. The molecule has 2 aromatic heterocycles. The van der Waals surface area contributed by atoms with E-state index >= 15 is 0 Å². The Morgan fingerprint density at radius 2 is 2.13 bits per heavy atom. The van der Waals surface area contributed by atoms with Crippen molar-refractivity contribution < 1.29 is 9.53 Å². The van der Waals surface area contributed by atoms with Gasteiger partial charge in [0.1, 0.15) is 5.82 Å². The number of morpholine rings is 1. The summed E-state index contributed by atoms with van der Waals surface area (Å²) in [5.74, 6) is 0.940. The lowest BCUT2D eigenvalue weighted by Crippen LogP contribution is -2.41. The van der Waals surface area contributed by atoms with Crippen LogP contribution in [0.3, 0.4) is 0 Å². The van der Waals surface area contributed by atoms with Gasteiger partial charge in [0.2, 0.25) is 0 Å². The first kappa shape index (κ1) is 18.9. The largest absolute Gasteiger partial charge is 0.379 e. The molecule has 1 aromatic carbocycles. The van der Waals surface area contributed by atoms with Crippen molar-refractivity contribution in [3.63, 3.8) is 0 Å². The van der Waals surface area contributed by atoms with E-state index in [1.807, 2.05) is 42.2 Å². The molecule has 1 saturated heterocycles. The van der Waals surface area contributed by atoms with Gasteiger partial charge < -0.3 is 20.4 Å². The van der Waals surface area contributed by atoms with Crippen molar-refractivity contribution >= 4 is 11.7 Å². The zero-order valence-electron chi connectivity index (χ0n) is 17.1. The quantitative estimate of drug-likeness (QED) is 0.604. The van der Waals surface area contributed by atoms with Gasteiger partial charge in [0.25, 0.3) is 5.91 Å². The first-order chi connectivity index (χ1) is 14.7. The van der Waals surface area contributed by atoms with Crippen LogP contribution in [0.5, 0.6) is 0 Å². The van der Waals surface area contributed by atoms with E-state index in [4.69, 9.17) is 4.74 Å². The lowest BCUT2D eigenvalue weighted by molar-refractivity contribution is 0.0383. The Hall–Kier alpha value is -3.10. The van der Waals surface area contributed by atoms with E-state index in [0.29, 0.717) is 12.1 Å². The smallest absolute Gasteiger partial charge is 0.251 e. The van der Waals surface area contributed by atoms with E-state index in [-0.39, 0.29) is 5.91 Å². The second-order valence-electron chi connectivity index (χ2n) is 7.76. The fraction of sp³-hybridized carbons (Fsp3) is 0.364. The Bertz CT molecular complexity index is 1060. The number of rotatable bonds is 5. The molecule has 5 rings (SSSR count). The minimum Gasteiger partial charge on any atom is -0.379 e. The van der Waals surface area contributed by atoms with Crippen LogP contribution in [0.15, 0.2) is 36.5 Å². The number of carbonyl (C=O) groups excluding carboxylic acids is 1. The normalized spacial score (nSPS) is 15.9. The Morgan fingerprint density at radius 1 is 1.27 bits per heavy atom. The minimum absolute atomic E-state index is 0.0477. The number of aryl methyl sites for hydroxylation is 1. The highest BCUT2D eigenvalue weighted by Crippen LogP contribution is 2.38. The highest BCUT2D eigenvalue weighted by Gasteiger charge is 2.22. The topological polar surface area (TPSA) is 87.2 Å². The predicted octanol–water partition coefficient (Wildman–Crippen LogP) is 2.07. The predicted molar refractivity (Wildman–Crippen MR) is 115 cm³/mol. The Kier molecular flexibility index (Phi) is 5.02. The van der Waals surface area contributed by atoms with Crippen molar-refractivity contribution in [3.05, 3.63) is 47.7 Å². The van der Waals surface area contributed by atoms with Gasteiger partial charge in [-0.3, -0.25) is 14.4 Å². The fourth-order valence-electron chi connectivity index (χ4n) is 4.16. The second-order valence-corrected chi connectivity index (χ2v) is 7.76. The van der Waals surface area contributed by atoms with Gasteiger partial charge in [-0.25, -0.2) is 0 Å². The van der Waals surface area contributed by atoms with Gasteiger partial charge in [-0.05, 0) is 23.8 Å². The van der Waals surface area contributed by atoms with Gasteiger partial charge in [-0.15, -0.1) is 0 Å². The van der Waals surface area contributed by atoms with Crippen molar-refractivity contribution in [1.29, 1.82) is 0 Å². The molecular weight excluding hydrogens is 380 g/mol. The molecule has 8 nitrogen and oxygen atoms in total. The number of H-pyrrole nitrogens is 1. The van der Waals surface area contributed by atoms with Crippen LogP contribution in [0, 0.1) is 0 Å². The average Bonchev–Trinajstić information content (AvgIpc) is 3.38. The third-order valence-electron chi connectivity index (χ3n) is 5.80. The van der Waals surface area contributed by atoms with Gasteiger partial charge in [-0.2, -0.15) is 5.10 Å². The van der Waals surface area contributed by atoms with Gasteiger partial charge in [0.05, 0.1) is 25.1 Å². The van der Waals surface area contributed by atoms with Crippen LogP contribution in [0.25, 0.3) is 22.5 Å². The van der Waals surface area contributed by atoms with Gasteiger partial charge >= 0.3 is 0 Å². The first-order valence-corrected chi connectivity index (χ1v) is 10.4. The standard InChI is InChI=1S/C22H26N6O2/c1-27-20-17(14-25-27)13-24-21-18(20)12-19(26-21)15-3-2-4-16(11-15)22(29)23-5-6-28-7-9-30-10-8-28/h2-4,11-12,14,24,26H,5-10,13H2,1H3,(H,23,29). The van der Waals surface area contributed by atoms with Crippen LogP contribution in [0.1, 0.15) is 15.9 Å². The molecule has 0 spiro atoms. The second kappa shape index (κ2) is 7.97. The van der Waals surface area contributed by atoms with Crippen LogP contribution in [-0.2, 0) is 18.3 Å². The molecule has 0 unspecified atom stereocenters. The van der Waals surface area contributed by atoms with Gasteiger partial charge in [-0.1, -0.05) is 12.1 Å². The van der Waals surface area contributed by atoms with E-state index in [1.54, 1.807) is 0 Å². The van der Waals surface area contributed by atoms with Crippen molar-refractivity contribution in [2.24, 2.45) is 7.05 Å². The molecule has 8 heteroatoms. The molecule has 2 aliphatic heterocycles. The molecule has 0 saturated carbocycles. The molecule has 0 atom stereocenters. The number of hydrogen-bond donors (Lipinski definition) is 3. The molecule has 0 radical (unpaired) electrons. The maximum atomic E-state index is 12.6. The number of anilines is 1. The summed E-state index contributed by atoms with van der Waals surface area (Å²) >= 11 is 0. The molecule has 156 valence electrons. The molecule has 0 bridgehead atoms. The van der Waals surface area contributed by atoms with E-state index in [9.17, 15) is 4.79 Å². The summed E-state index contributed by atoms with van der Waals surface area (Å²) in [4.78, 5) is 18.4. The molecule has 30 heavy (non-hydrogen) atoms. The molecule has 2 aliphatic rings. The van der Waals surface area contributed by atoms with Crippen LogP contribution < -0.4 is 10.6 Å². The van der Waals surface area contributed by atoms with Gasteiger partial charge in [0, 0.05) is 62.2 Å². The number of hydrogen-bond acceptors (Lipinski definition) is 5. The zero-order valence-corrected chi connectivity index (χ0v) is 17.1. The Balaban J connectivity index is 1.30. The number of aromatic amines is 1. The molecule has 1 amide bonds. The average molecular weight is 406 g/mol. The summed E-state index contributed by atoms with van der Waals surface area (Å²) < 4.78 is 7.27. The number of fused-ring (bicyclic) bond motifs is 3. The van der Waals surface area contributed by atoms with Crippen LogP contribution >= 0.6 is 0 Å². The van der Waals surface area contributed by atoms with Crippen LogP contribution in [0.2, 0.25) is 0 Å². The zero-order chi connectivity index (χ0) is 20.5. The number of amides is 1. The van der Waals surface area contributed by atoms with E-state index < -0.39 is 0 Å². The molecular formula is C22H26N6O2. The SMILES string of the molecule is Cn1ncc2c1-c1cc(-c3cccc(C(=O)NCCN4CCOCC4)c3)[nH]c1NC2. The van der Waals surface area contributed by atoms with Crippen LogP contribution in [-0.4, -0.2) is 65.0 Å².